The lowest BCUT2D eigenvalue weighted by molar-refractivity contribution is -0.385. The summed E-state index contributed by atoms with van der Waals surface area (Å²) in [7, 11) is 0. The number of anilines is 1. The Balaban J connectivity index is 1.88. The number of ether oxygens (including phenoxy) is 1. The second-order valence-corrected chi connectivity index (χ2v) is 7.58. The zero-order valence-electron chi connectivity index (χ0n) is 17.2. The van der Waals surface area contributed by atoms with Gasteiger partial charge in [-0.05, 0) is 25.1 Å². The normalized spacial score (nSPS) is 10.7. The number of hydrogen-bond donors (Lipinski definition) is 1. The summed E-state index contributed by atoms with van der Waals surface area (Å²) < 4.78 is 6.15. The second-order valence-electron chi connectivity index (χ2n) is 6.70. The number of benzene rings is 2. The zero-order valence-corrected chi connectivity index (χ0v) is 18.0. The fourth-order valence-corrected chi connectivity index (χ4v) is 4.16. The average Bonchev–Trinajstić information content (AvgIpc) is 3.24. The van der Waals surface area contributed by atoms with E-state index in [1.165, 1.54) is 29.6 Å². The number of nitro groups is 1. The molecule has 0 aliphatic rings. The number of carbonyl (C=O) groups excluding carboxylic acids is 2. The van der Waals surface area contributed by atoms with Crippen LogP contribution in [-0.2, 0) is 4.74 Å². The van der Waals surface area contributed by atoms with Crippen LogP contribution in [0, 0.1) is 10.1 Å². The Morgan fingerprint density at radius 2 is 1.85 bits per heavy atom. The highest BCUT2D eigenvalue weighted by molar-refractivity contribution is 7.16. The molecule has 2 aromatic heterocycles. The molecular weight excluding hydrogens is 448 g/mol. The molecule has 11 heteroatoms. The van der Waals surface area contributed by atoms with Gasteiger partial charge in [0, 0.05) is 16.8 Å². The van der Waals surface area contributed by atoms with Crippen molar-refractivity contribution >= 4 is 44.7 Å². The molecule has 0 bridgehead atoms. The number of rotatable bonds is 6. The highest BCUT2D eigenvalue weighted by Crippen LogP contribution is 2.31. The molecule has 0 saturated heterocycles. The molecule has 10 nitrogen and oxygen atoms in total. The van der Waals surface area contributed by atoms with Crippen LogP contribution in [0.15, 0.2) is 64.8 Å². The van der Waals surface area contributed by atoms with Gasteiger partial charge in [-0.2, -0.15) is 9.78 Å². The third-order valence-corrected chi connectivity index (χ3v) is 5.59. The van der Waals surface area contributed by atoms with Crippen LogP contribution in [0.5, 0.6) is 0 Å². The van der Waals surface area contributed by atoms with E-state index in [4.69, 9.17) is 4.74 Å². The minimum Gasteiger partial charge on any atom is -0.461 e. The van der Waals surface area contributed by atoms with Crippen LogP contribution in [-0.4, -0.2) is 33.2 Å². The van der Waals surface area contributed by atoms with Crippen LogP contribution in [0.1, 0.15) is 27.8 Å². The first kappa shape index (κ1) is 21.8. The maximum Gasteiger partial charge on any atom is 0.359 e. The van der Waals surface area contributed by atoms with Gasteiger partial charge in [0.2, 0.25) is 0 Å². The number of fused-ring (bicyclic) bond motifs is 1. The van der Waals surface area contributed by atoms with Crippen molar-refractivity contribution in [1.29, 1.82) is 0 Å². The van der Waals surface area contributed by atoms with Gasteiger partial charge in [-0.3, -0.25) is 19.7 Å². The zero-order chi connectivity index (χ0) is 23.5. The summed E-state index contributed by atoms with van der Waals surface area (Å²) in [6.07, 6.45) is 0. The van der Waals surface area contributed by atoms with Crippen molar-refractivity contribution in [3.05, 3.63) is 91.7 Å². The smallest absolute Gasteiger partial charge is 0.359 e. The Kier molecular flexibility index (Phi) is 5.96. The van der Waals surface area contributed by atoms with Crippen LogP contribution < -0.4 is 10.9 Å². The molecule has 1 N–H and O–H groups in total. The predicted octanol–water partition coefficient (Wildman–Crippen LogP) is 3.78. The summed E-state index contributed by atoms with van der Waals surface area (Å²) in [6, 6.07) is 14.0. The van der Waals surface area contributed by atoms with Crippen molar-refractivity contribution in [2.24, 2.45) is 0 Å². The van der Waals surface area contributed by atoms with E-state index in [0.717, 1.165) is 16.0 Å². The number of para-hydroxylation sites is 2. The van der Waals surface area contributed by atoms with Gasteiger partial charge in [0.25, 0.3) is 17.2 Å². The van der Waals surface area contributed by atoms with E-state index in [1.54, 1.807) is 37.3 Å². The summed E-state index contributed by atoms with van der Waals surface area (Å²) in [5.74, 6) is -1.48. The molecule has 0 aliphatic carbocycles. The Morgan fingerprint density at radius 1 is 1.15 bits per heavy atom. The molecule has 166 valence electrons. The first-order chi connectivity index (χ1) is 15.9. The number of esters is 1. The SMILES string of the molecule is CCOC(=O)c1nn(-c2ccccc2)c(=O)c2c(NC(=O)c3ccccc3[N+](=O)[O-])scc12. The van der Waals surface area contributed by atoms with E-state index in [9.17, 15) is 24.5 Å². The molecule has 0 spiro atoms. The van der Waals surface area contributed by atoms with E-state index >= 15 is 0 Å². The van der Waals surface area contributed by atoms with Gasteiger partial charge in [-0.1, -0.05) is 30.3 Å². The quantitative estimate of drug-likeness (QED) is 0.261. The summed E-state index contributed by atoms with van der Waals surface area (Å²) in [6.45, 7) is 1.76. The van der Waals surface area contributed by atoms with E-state index in [-0.39, 0.29) is 39.3 Å². The molecule has 0 saturated carbocycles. The van der Waals surface area contributed by atoms with E-state index in [1.807, 2.05) is 0 Å². The van der Waals surface area contributed by atoms with Crippen molar-refractivity contribution in [2.75, 3.05) is 11.9 Å². The van der Waals surface area contributed by atoms with E-state index < -0.39 is 22.4 Å². The predicted molar refractivity (Wildman–Crippen MR) is 122 cm³/mol. The minimum atomic E-state index is -0.758. The van der Waals surface area contributed by atoms with Crippen molar-refractivity contribution in [1.82, 2.24) is 9.78 Å². The maximum absolute atomic E-state index is 13.3. The summed E-state index contributed by atoms with van der Waals surface area (Å²) in [5.41, 5.74) is -0.767. The van der Waals surface area contributed by atoms with Gasteiger partial charge in [-0.15, -0.1) is 11.3 Å². The molecule has 0 unspecified atom stereocenters. The number of aromatic nitrogens is 2. The van der Waals surface area contributed by atoms with Crippen LogP contribution in [0.3, 0.4) is 0 Å². The average molecular weight is 464 g/mol. The summed E-state index contributed by atoms with van der Waals surface area (Å²) >= 11 is 1.00. The number of hydrogen-bond acceptors (Lipinski definition) is 8. The summed E-state index contributed by atoms with van der Waals surface area (Å²) in [5, 5.41) is 20.0. The van der Waals surface area contributed by atoms with Gasteiger partial charge >= 0.3 is 5.97 Å². The van der Waals surface area contributed by atoms with Crippen LogP contribution in [0.4, 0.5) is 10.7 Å². The van der Waals surface area contributed by atoms with Crippen LogP contribution >= 0.6 is 11.3 Å². The Bertz CT molecular complexity index is 1440. The number of amides is 1. The number of nitro benzene ring substituents is 1. The highest BCUT2D eigenvalue weighted by atomic mass is 32.1. The van der Waals surface area contributed by atoms with Crippen LogP contribution in [0.2, 0.25) is 0 Å². The van der Waals surface area contributed by atoms with Crippen molar-refractivity contribution in [3.63, 3.8) is 0 Å². The lowest BCUT2D eigenvalue weighted by Gasteiger charge is -2.10. The molecule has 0 atom stereocenters. The van der Waals surface area contributed by atoms with Gasteiger partial charge in [-0.25, -0.2) is 4.79 Å². The molecule has 2 heterocycles. The largest absolute Gasteiger partial charge is 0.461 e. The molecule has 0 fully saturated rings. The maximum atomic E-state index is 13.3. The second kappa shape index (κ2) is 9.01. The molecule has 2 aromatic carbocycles. The van der Waals surface area contributed by atoms with Gasteiger partial charge in [0.05, 0.1) is 22.6 Å². The number of nitrogens with one attached hydrogen (secondary N) is 1. The molecule has 0 aliphatic heterocycles. The first-order valence-electron chi connectivity index (χ1n) is 9.74. The Labute approximate surface area is 190 Å². The summed E-state index contributed by atoms with van der Waals surface area (Å²) in [4.78, 5) is 49.4. The third kappa shape index (κ3) is 4.08. The molecule has 0 radical (unpaired) electrons. The van der Waals surface area contributed by atoms with Crippen molar-refractivity contribution in [2.45, 2.75) is 6.92 Å². The standard InChI is InChI=1S/C22H16N4O6S/c1-2-32-22(29)18-15-12-33-20(23-19(27)14-10-6-7-11-16(14)26(30)31)17(15)21(28)25(24-18)13-8-4-3-5-9-13/h3-12H,2H2,1H3,(H,23,27). The fourth-order valence-electron chi connectivity index (χ4n) is 3.23. The van der Waals surface area contributed by atoms with Gasteiger partial charge < -0.3 is 10.1 Å². The van der Waals surface area contributed by atoms with E-state index in [0.29, 0.717) is 5.69 Å². The van der Waals surface area contributed by atoms with Gasteiger partial charge in [0.1, 0.15) is 10.6 Å². The fraction of sp³-hybridized carbons (Fsp3) is 0.0909. The lowest BCUT2D eigenvalue weighted by Crippen LogP contribution is -2.25. The molecular formula is C22H16N4O6S. The molecule has 4 rings (SSSR count). The highest BCUT2D eigenvalue weighted by Gasteiger charge is 2.25. The van der Waals surface area contributed by atoms with Crippen molar-refractivity contribution < 1.29 is 19.2 Å². The van der Waals surface area contributed by atoms with Crippen molar-refractivity contribution in [3.8, 4) is 5.69 Å². The first-order valence-corrected chi connectivity index (χ1v) is 10.6. The number of thiophene rings is 1. The third-order valence-electron chi connectivity index (χ3n) is 4.69. The number of nitrogens with zero attached hydrogens (tertiary/aromatic N) is 3. The molecule has 1 amide bonds. The monoisotopic (exact) mass is 464 g/mol. The lowest BCUT2D eigenvalue weighted by atomic mass is 10.1. The number of carbonyl (C=O) groups is 2. The Hall–Kier alpha value is -4.38. The Morgan fingerprint density at radius 3 is 2.55 bits per heavy atom. The van der Waals surface area contributed by atoms with Gasteiger partial charge in [0.15, 0.2) is 5.69 Å². The molecule has 4 aromatic rings. The molecule has 33 heavy (non-hydrogen) atoms. The minimum absolute atomic E-state index is 0.0499. The van der Waals surface area contributed by atoms with E-state index in [2.05, 4.69) is 10.4 Å². The van der Waals surface area contributed by atoms with Crippen LogP contribution in [0.25, 0.3) is 16.5 Å². The topological polar surface area (TPSA) is 133 Å².